The molecule has 0 heterocycles. The van der Waals surface area contributed by atoms with Crippen molar-refractivity contribution in [2.45, 2.75) is 39.0 Å². The summed E-state index contributed by atoms with van der Waals surface area (Å²) in [5.41, 5.74) is 2.83. The van der Waals surface area contributed by atoms with Crippen LogP contribution in [0.5, 0.6) is 0 Å². The molecular formula is C18H32N2S2. The lowest BCUT2D eigenvalue weighted by atomic mass is 10.1. The first-order valence-electron chi connectivity index (χ1n) is 7.94. The molecule has 0 saturated heterocycles. The van der Waals surface area contributed by atoms with Crippen LogP contribution in [0.4, 0.5) is 0 Å². The van der Waals surface area contributed by atoms with Crippen LogP contribution in [0, 0.1) is 0 Å². The van der Waals surface area contributed by atoms with Crippen molar-refractivity contribution in [1.29, 1.82) is 0 Å². The van der Waals surface area contributed by atoms with Gasteiger partial charge in [0, 0.05) is 36.7 Å². The lowest BCUT2D eigenvalue weighted by Gasteiger charge is -2.26. The van der Waals surface area contributed by atoms with Crippen molar-refractivity contribution in [1.82, 2.24) is 9.80 Å². The van der Waals surface area contributed by atoms with Crippen LogP contribution in [0.25, 0.3) is 0 Å². The van der Waals surface area contributed by atoms with E-state index in [1.807, 2.05) is 23.5 Å². The summed E-state index contributed by atoms with van der Waals surface area (Å²) in [6.07, 6.45) is 4.35. The smallest absolute Gasteiger partial charge is 0.0233 e. The van der Waals surface area contributed by atoms with E-state index in [-0.39, 0.29) is 0 Å². The highest BCUT2D eigenvalue weighted by atomic mass is 32.2. The number of rotatable bonds is 10. The van der Waals surface area contributed by atoms with Gasteiger partial charge in [0.25, 0.3) is 0 Å². The van der Waals surface area contributed by atoms with Gasteiger partial charge in [-0.25, -0.2) is 0 Å². The molecule has 0 spiro atoms. The minimum atomic E-state index is 0.614. The van der Waals surface area contributed by atoms with E-state index in [0.717, 1.165) is 13.1 Å². The Labute approximate surface area is 146 Å². The molecule has 4 heteroatoms. The Hall–Kier alpha value is -0.160. The van der Waals surface area contributed by atoms with Crippen LogP contribution in [-0.2, 0) is 13.1 Å². The monoisotopic (exact) mass is 340 g/mol. The Morgan fingerprint density at radius 1 is 0.864 bits per heavy atom. The first-order chi connectivity index (χ1) is 10.5. The van der Waals surface area contributed by atoms with Crippen molar-refractivity contribution in [2.75, 3.05) is 38.1 Å². The molecule has 0 bridgehead atoms. The van der Waals surface area contributed by atoms with E-state index in [4.69, 9.17) is 0 Å². The van der Waals surface area contributed by atoms with Gasteiger partial charge in [-0.1, -0.05) is 24.3 Å². The van der Waals surface area contributed by atoms with Crippen LogP contribution >= 0.6 is 23.5 Å². The average molecular weight is 341 g/mol. The number of hydrogen-bond donors (Lipinski definition) is 0. The molecule has 0 aliphatic heterocycles. The number of nitrogens with zero attached hydrogens (tertiary/aromatic N) is 2. The number of hydrogen-bond acceptors (Lipinski definition) is 4. The molecule has 0 aliphatic rings. The predicted molar refractivity (Wildman–Crippen MR) is 105 cm³/mol. The normalized spacial score (nSPS) is 14.5. The number of benzene rings is 1. The molecule has 126 valence electrons. The largest absolute Gasteiger partial charge is 0.299 e. The van der Waals surface area contributed by atoms with Crippen LogP contribution in [0.2, 0.25) is 0 Å². The zero-order valence-electron chi connectivity index (χ0n) is 15.0. The Morgan fingerprint density at radius 3 is 1.64 bits per heavy atom. The highest BCUT2D eigenvalue weighted by Crippen LogP contribution is 2.14. The van der Waals surface area contributed by atoms with Crippen LogP contribution in [0.15, 0.2) is 24.3 Å². The fraction of sp³-hybridized carbons (Fsp3) is 0.667. The molecule has 0 radical (unpaired) electrons. The van der Waals surface area contributed by atoms with Gasteiger partial charge in [0.1, 0.15) is 0 Å². The van der Waals surface area contributed by atoms with E-state index in [0.29, 0.717) is 12.1 Å². The van der Waals surface area contributed by atoms with Gasteiger partial charge in [-0.2, -0.15) is 23.5 Å². The topological polar surface area (TPSA) is 6.48 Å². The third kappa shape index (κ3) is 6.95. The maximum atomic E-state index is 2.44. The van der Waals surface area contributed by atoms with E-state index in [2.05, 4.69) is 74.5 Å². The summed E-state index contributed by atoms with van der Waals surface area (Å²) in [7, 11) is 4.44. The molecule has 22 heavy (non-hydrogen) atoms. The summed E-state index contributed by atoms with van der Waals surface area (Å²) in [5, 5.41) is 0. The first kappa shape index (κ1) is 19.9. The first-order valence-corrected chi connectivity index (χ1v) is 10.7. The molecular weight excluding hydrogens is 308 g/mol. The second kappa shape index (κ2) is 10.6. The molecule has 0 aromatic heterocycles. The zero-order chi connectivity index (χ0) is 16.5. The lowest BCUT2D eigenvalue weighted by Crippen LogP contribution is -2.31. The molecule has 1 rings (SSSR count). The Bertz CT molecular complexity index is 390. The highest BCUT2D eigenvalue weighted by molar-refractivity contribution is 7.98. The van der Waals surface area contributed by atoms with E-state index in [1.54, 1.807) is 0 Å². The molecule has 0 fully saturated rings. The van der Waals surface area contributed by atoms with Gasteiger partial charge in [-0.15, -0.1) is 0 Å². The second-order valence-corrected chi connectivity index (χ2v) is 8.08. The third-order valence-electron chi connectivity index (χ3n) is 4.18. The second-order valence-electron chi connectivity index (χ2n) is 6.26. The molecule has 0 saturated carbocycles. The van der Waals surface area contributed by atoms with Crippen LogP contribution in [0.1, 0.15) is 25.0 Å². The van der Waals surface area contributed by atoms with Gasteiger partial charge in [-0.3, -0.25) is 9.80 Å². The van der Waals surface area contributed by atoms with Crippen molar-refractivity contribution in [3.63, 3.8) is 0 Å². The summed E-state index contributed by atoms with van der Waals surface area (Å²) in [6.45, 7) is 6.66. The van der Waals surface area contributed by atoms with Crippen LogP contribution < -0.4 is 0 Å². The van der Waals surface area contributed by atoms with Crippen molar-refractivity contribution >= 4 is 23.5 Å². The molecule has 0 amide bonds. The molecule has 2 nitrogen and oxygen atoms in total. The predicted octanol–water partition coefficient (Wildman–Crippen LogP) is 4.05. The standard InChI is InChI=1S/C18H32N2S2/c1-15(13-21-5)19(3)11-17-8-7-9-18(10-17)12-20(4)16(2)14-22-6/h7-10,15-16H,11-14H2,1-6H3. The Morgan fingerprint density at radius 2 is 1.27 bits per heavy atom. The SMILES string of the molecule is CSCC(C)N(C)Cc1cccc(CN(C)C(C)CSC)c1. The summed E-state index contributed by atoms with van der Waals surface area (Å²) in [4.78, 5) is 4.88. The summed E-state index contributed by atoms with van der Waals surface area (Å²) in [6, 6.07) is 10.3. The van der Waals surface area contributed by atoms with Gasteiger partial charge in [0.15, 0.2) is 0 Å². The summed E-state index contributed by atoms with van der Waals surface area (Å²) < 4.78 is 0. The molecule has 1 aromatic rings. The summed E-state index contributed by atoms with van der Waals surface area (Å²) >= 11 is 3.84. The fourth-order valence-corrected chi connectivity index (χ4v) is 3.92. The Kier molecular flexibility index (Phi) is 9.57. The van der Waals surface area contributed by atoms with Crippen molar-refractivity contribution in [3.05, 3.63) is 35.4 Å². The fourth-order valence-electron chi connectivity index (χ4n) is 2.45. The minimum Gasteiger partial charge on any atom is -0.299 e. The molecule has 0 aliphatic carbocycles. The van der Waals surface area contributed by atoms with Crippen molar-refractivity contribution in [2.24, 2.45) is 0 Å². The van der Waals surface area contributed by atoms with Gasteiger partial charge in [0.2, 0.25) is 0 Å². The number of thioether (sulfide) groups is 2. The highest BCUT2D eigenvalue weighted by Gasteiger charge is 2.11. The van der Waals surface area contributed by atoms with Gasteiger partial charge in [0.05, 0.1) is 0 Å². The maximum absolute atomic E-state index is 2.44. The molecule has 2 atom stereocenters. The van der Waals surface area contributed by atoms with Gasteiger partial charge in [-0.05, 0) is 51.6 Å². The minimum absolute atomic E-state index is 0.614. The van der Waals surface area contributed by atoms with Gasteiger partial charge >= 0.3 is 0 Å². The van der Waals surface area contributed by atoms with E-state index >= 15 is 0 Å². The van der Waals surface area contributed by atoms with E-state index < -0.39 is 0 Å². The molecule has 2 unspecified atom stereocenters. The Balaban J connectivity index is 2.62. The lowest BCUT2D eigenvalue weighted by molar-refractivity contribution is 0.265. The van der Waals surface area contributed by atoms with E-state index in [1.165, 1.54) is 22.6 Å². The van der Waals surface area contributed by atoms with Gasteiger partial charge < -0.3 is 0 Å². The average Bonchev–Trinajstić information content (AvgIpc) is 2.48. The molecule has 1 aromatic carbocycles. The van der Waals surface area contributed by atoms with E-state index in [9.17, 15) is 0 Å². The van der Waals surface area contributed by atoms with Crippen molar-refractivity contribution in [3.8, 4) is 0 Å². The van der Waals surface area contributed by atoms with Crippen molar-refractivity contribution < 1.29 is 0 Å². The molecule has 0 N–H and O–H groups in total. The third-order valence-corrected chi connectivity index (χ3v) is 5.81. The quantitative estimate of drug-likeness (QED) is 0.633. The van der Waals surface area contributed by atoms with Crippen LogP contribution in [-0.4, -0.2) is 60.0 Å². The summed E-state index contributed by atoms with van der Waals surface area (Å²) in [5.74, 6) is 2.37. The van der Waals surface area contributed by atoms with Crippen LogP contribution in [0.3, 0.4) is 0 Å². The zero-order valence-corrected chi connectivity index (χ0v) is 16.6. The maximum Gasteiger partial charge on any atom is 0.0233 e.